The van der Waals surface area contributed by atoms with E-state index in [1.54, 1.807) is 18.4 Å². The number of carbonyl (C=O) groups excluding carboxylic acids is 1. The second-order valence-electron chi connectivity index (χ2n) is 5.63. The van der Waals surface area contributed by atoms with Crippen LogP contribution in [0.3, 0.4) is 0 Å². The molecule has 1 amide bonds. The Morgan fingerprint density at radius 2 is 2.16 bits per heavy atom. The molecule has 0 unspecified atom stereocenters. The monoisotopic (exact) mass is 339 g/mol. The zero-order valence-corrected chi connectivity index (χ0v) is 14.1. The molecule has 2 aromatic heterocycles. The number of aromatic amines is 1. The molecule has 0 saturated carbocycles. The predicted octanol–water partition coefficient (Wildman–Crippen LogP) is 3.78. The van der Waals surface area contributed by atoms with Crippen molar-refractivity contribution < 1.29 is 13.9 Å². The fourth-order valence-electron chi connectivity index (χ4n) is 2.38. The standard InChI is InChI=1S/C19H21N3O3/c1-2-3-10-25-18-9-5-4-8-15(18)16-12-17(22-21-16)19(23)20-13-14-7-6-11-24-14/h4-9,11-12H,2-3,10,13H2,1H3,(H,20,23)(H,21,22). The minimum Gasteiger partial charge on any atom is -0.493 e. The van der Waals surface area contributed by atoms with Crippen molar-refractivity contribution in [3.63, 3.8) is 0 Å². The summed E-state index contributed by atoms with van der Waals surface area (Å²) in [5, 5.41) is 9.82. The number of furan rings is 1. The summed E-state index contributed by atoms with van der Waals surface area (Å²) in [6.07, 6.45) is 3.64. The number of H-pyrrole nitrogens is 1. The summed E-state index contributed by atoms with van der Waals surface area (Å²) in [4.78, 5) is 12.2. The van der Waals surface area contributed by atoms with E-state index in [1.807, 2.05) is 30.3 Å². The molecule has 0 aliphatic carbocycles. The number of benzene rings is 1. The number of hydrogen-bond donors (Lipinski definition) is 2. The number of nitrogens with zero attached hydrogens (tertiary/aromatic N) is 1. The van der Waals surface area contributed by atoms with Crippen molar-refractivity contribution in [3.8, 4) is 17.0 Å². The van der Waals surface area contributed by atoms with Gasteiger partial charge in [-0.15, -0.1) is 0 Å². The molecule has 0 radical (unpaired) electrons. The van der Waals surface area contributed by atoms with Crippen LogP contribution in [0.15, 0.2) is 53.1 Å². The van der Waals surface area contributed by atoms with Crippen LogP contribution in [0.25, 0.3) is 11.3 Å². The molecule has 0 bridgehead atoms. The second kappa shape index (κ2) is 8.19. The smallest absolute Gasteiger partial charge is 0.269 e. The van der Waals surface area contributed by atoms with Gasteiger partial charge < -0.3 is 14.5 Å². The van der Waals surface area contributed by atoms with Gasteiger partial charge in [0.15, 0.2) is 0 Å². The predicted molar refractivity (Wildman–Crippen MR) is 94.3 cm³/mol. The Kier molecular flexibility index (Phi) is 5.51. The fraction of sp³-hybridized carbons (Fsp3) is 0.263. The summed E-state index contributed by atoms with van der Waals surface area (Å²) in [5.74, 6) is 1.23. The van der Waals surface area contributed by atoms with Crippen LogP contribution in [-0.2, 0) is 6.54 Å². The molecule has 3 aromatic rings. The van der Waals surface area contributed by atoms with Crippen LogP contribution in [-0.4, -0.2) is 22.7 Å². The van der Waals surface area contributed by atoms with Crippen molar-refractivity contribution in [2.45, 2.75) is 26.3 Å². The molecule has 3 rings (SSSR count). The lowest BCUT2D eigenvalue weighted by Crippen LogP contribution is -2.22. The van der Waals surface area contributed by atoms with E-state index >= 15 is 0 Å². The van der Waals surface area contributed by atoms with E-state index in [0.717, 1.165) is 24.2 Å². The number of carbonyl (C=O) groups is 1. The number of aromatic nitrogens is 2. The van der Waals surface area contributed by atoms with Crippen LogP contribution in [0, 0.1) is 0 Å². The van der Waals surface area contributed by atoms with E-state index in [9.17, 15) is 4.79 Å². The quantitative estimate of drug-likeness (QED) is 0.612. The van der Waals surface area contributed by atoms with Crippen molar-refractivity contribution in [1.82, 2.24) is 15.5 Å². The molecule has 6 heteroatoms. The molecule has 0 atom stereocenters. The highest BCUT2D eigenvalue weighted by atomic mass is 16.5. The van der Waals surface area contributed by atoms with E-state index < -0.39 is 0 Å². The van der Waals surface area contributed by atoms with Gasteiger partial charge in [-0.1, -0.05) is 25.5 Å². The maximum Gasteiger partial charge on any atom is 0.269 e. The zero-order chi connectivity index (χ0) is 17.5. The van der Waals surface area contributed by atoms with Crippen LogP contribution >= 0.6 is 0 Å². The number of nitrogens with one attached hydrogen (secondary N) is 2. The number of unbranched alkanes of at least 4 members (excludes halogenated alkanes) is 1. The molecule has 1 aromatic carbocycles. The number of hydrogen-bond acceptors (Lipinski definition) is 4. The summed E-state index contributed by atoms with van der Waals surface area (Å²) in [6, 6.07) is 13.0. The summed E-state index contributed by atoms with van der Waals surface area (Å²) < 4.78 is 11.0. The molecular weight excluding hydrogens is 318 g/mol. The summed E-state index contributed by atoms with van der Waals surface area (Å²) in [7, 11) is 0. The van der Waals surface area contributed by atoms with Gasteiger partial charge in [0.25, 0.3) is 5.91 Å². The van der Waals surface area contributed by atoms with Gasteiger partial charge in [0.05, 0.1) is 25.1 Å². The molecule has 2 heterocycles. The maximum absolute atomic E-state index is 12.2. The lowest BCUT2D eigenvalue weighted by atomic mass is 10.1. The van der Waals surface area contributed by atoms with E-state index in [1.165, 1.54) is 0 Å². The molecular formula is C19H21N3O3. The zero-order valence-electron chi connectivity index (χ0n) is 14.1. The van der Waals surface area contributed by atoms with E-state index in [4.69, 9.17) is 9.15 Å². The van der Waals surface area contributed by atoms with Gasteiger partial charge in [0, 0.05) is 5.56 Å². The van der Waals surface area contributed by atoms with Gasteiger partial charge in [0.1, 0.15) is 17.2 Å². The lowest BCUT2D eigenvalue weighted by molar-refractivity contribution is 0.0943. The average Bonchev–Trinajstić information content (AvgIpc) is 3.32. The Balaban J connectivity index is 1.69. The first-order valence-electron chi connectivity index (χ1n) is 8.36. The van der Waals surface area contributed by atoms with Crippen molar-refractivity contribution >= 4 is 5.91 Å². The highest BCUT2D eigenvalue weighted by Gasteiger charge is 2.14. The average molecular weight is 339 g/mol. The Morgan fingerprint density at radius 1 is 1.28 bits per heavy atom. The topological polar surface area (TPSA) is 80.1 Å². The van der Waals surface area contributed by atoms with Crippen LogP contribution in [0.5, 0.6) is 5.75 Å². The molecule has 25 heavy (non-hydrogen) atoms. The molecule has 0 aliphatic heterocycles. The molecule has 0 saturated heterocycles. The van der Waals surface area contributed by atoms with E-state index in [-0.39, 0.29) is 5.91 Å². The fourth-order valence-corrected chi connectivity index (χ4v) is 2.38. The SMILES string of the molecule is CCCCOc1ccccc1-c1cc(C(=O)NCc2ccco2)[nH]n1. The molecule has 0 spiro atoms. The van der Waals surface area contributed by atoms with Crippen LogP contribution in [0.1, 0.15) is 36.0 Å². The van der Waals surface area contributed by atoms with E-state index in [2.05, 4.69) is 22.4 Å². The summed E-state index contributed by atoms with van der Waals surface area (Å²) >= 11 is 0. The number of rotatable bonds is 8. The highest BCUT2D eigenvalue weighted by Crippen LogP contribution is 2.28. The largest absolute Gasteiger partial charge is 0.493 e. The van der Waals surface area contributed by atoms with Crippen LogP contribution in [0.4, 0.5) is 0 Å². The lowest BCUT2D eigenvalue weighted by Gasteiger charge is -2.09. The molecule has 2 N–H and O–H groups in total. The Hall–Kier alpha value is -3.02. The highest BCUT2D eigenvalue weighted by molar-refractivity contribution is 5.93. The Bertz CT molecular complexity index is 809. The molecule has 130 valence electrons. The van der Waals surface area contributed by atoms with Gasteiger partial charge in [0.2, 0.25) is 0 Å². The Labute approximate surface area is 146 Å². The first-order valence-corrected chi connectivity index (χ1v) is 8.36. The molecule has 0 fully saturated rings. The summed E-state index contributed by atoms with van der Waals surface area (Å²) in [5.41, 5.74) is 1.93. The van der Waals surface area contributed by atoms with Crippen molar-refractivity contribution in [2.24, 2.45) is 0 Å². The summed E-state index contributed by atoms with van der Waals surface area (Å²) in [6.45, 7) is 3.11. The number of amides is 1. The third kappa shape index (κ3) is 4.29. The van der Waals surface area contributed by atoms with Crippen LogP contribution < -0.4 is 10.1 Å². The Morgan fingerprint density at radius 3 is 2.96 bits per heavy atom. The number of ether oxygens (including phenoxy) is 1. The van der Waals surface area contributed by atoms with E-state index in [0.29, 0.717) is 30.3 Å². The van der Waals surface area contributed by atoms with Crippen molar-refractivity contribution in [1.29, 1.82) is 0 Å². The van der Waals surface area contributed by atoms with Gasteiger partial charge in [-0.2, -0.15) is 5.10 Å². The van der Waals surface area contributed by atoms with Gasteiger partial charge in [-0.25, -0.2) is 0 Å². The second-order valence-corrected chi connectivity index (χ2v) is 5.63. The van der Waals surface area contributed by atoms with Gasteiger partial charge >= 0.3 is 0 Å². The first kappa shape index (κ1) is 16.8. The first-order chi connectivity index (χ1) is 12.3. The third-order valence-electron chi connectivity index (χ3n) is 3.74. The van der Waals surface area contributed by atoms with Gasteiger partial charge in [-0.3, -0.25) is 9.89 Å². The maximum atomic E-state index is 12.2. The van der Waals surface area contributed by atoms with Crippen molar-refractivity contribution in [2.75, 3.05) is 6.61 Å². The minimum atomic E-state index is -0.237. The third-order valence-corrected chi connectivity index (χ3v) is 3.74. The van der Waals surface area contributed by atoms with Gasteiger partial charge in [-0.05, 0) is 36.8 Å². The van der Waals surface area contributed by atoms with Crippen LogP contribution in [0.2, 0.25) is 0 Å². The minimum absolute atomic E-state index is 0.237. The normalized spacial score (nSPS) is 10.6. The van der Waals surface area contributed by atoms with Crippen molar-refractivity contribution in [3.05, 3.63) is 60.2 Å². The number of para-hydroxylation sites is 1. The molecule has 0 aliphatic rings. The molecule has 6 nitrogen and oxygen atoms in total.